The lowest BCUT2D eigenvalue weighted by molar-refractivity contribution is -0.175. The Labute approximate surface area is 161 Å². The molecule has 1 saturated heterocycles. The highest BCUT2D eigenvalue weighted by Gasteiger charge is 2.41. The van der Waals surface area contributed by atoms with Crippen LogP contribution in [0.25, 0.3) is 0 Å². The Hall–Kier alpha value is -2.31. The van der Waals surface area contributed by atoms with Crippen LogP contribution in [-0.2, 0) is 14.4 Å². The van der Waals surface area contributed by atoms with Gasteiger partial charge in [-0.3, -0.25) is 14.4 Å². The maximum Gasteiger partial charge on any atom is 0.471 e. The van der Waals surface area contributed by atoms with Crippen molar-refractivity contribution in [3.05, 3.63) is 0 Å². The van der Waals surface area contributed by atoms with Crippen LogP contribution in [-0.4, -0.2) is 42.5 Å². The minimum Gasteiger partial charge on any atom is -0.356 e. The van der Waals surface area contributed by atoms with Crippen LogP contribution < -0.4 is 16.0 Å². The number of carbonyl (C=O) groups is 3. The Morgan fingerprint density at radius 1 is 1.14 bits per heavy atom. The number of amides is 3. The second-order valence-corrected chi connectivity index (χ2v) is 7.47. The van der Waals surface area contributed by atoms with Crippen LogP contribution in [0.4, 0.5) is 13.2 Å². The van der Waals surface area contributed by atoms with Crippen LogP contribution in [0.15, 0.2) is 0 Å². The normalized spacial score (nSPS) is 22.6. The van der Waals surface area contributed by atoms with Crippen LogP contribution in [0.5, 0.6) is 0 Å². The van der Waals surface area contributed by atoms with E-state index in [2.05, 4.69) is 10.6 Å². The number of nitrogens with one attached hydrogen (secondary N) is 3. The van der Waals surface area contributed by atoms with E-state index < -0.39 is 36.0 Å². The first kappa shape index (κ1) is 22.0. The van der Waals surface area contributed by atoms with Gasteiger partial charge >= 0.3 is 12.1 Å². The van der Waals surface area contributed by atoms with Crippen molar-refractivity contribution in [1.29, 1.82) is 5.26 Å². The average Bonchev–Trinajstić information content (AvgIpc) is 3.05. The molecule has 2 fully saturated rings. The van der Waals surface area contributed by atoms with E-state index in [4.69, 9.17) is 0 Å². The summed E-state index contributed by atoms with van der Waals surface area (Å²) in [6, 6.07) is -0.510. The molecule has 3 N–H and O–H groups in total. The van der Waals surface area contributed by atoms with Gasteiger partial charge in [-0.15, -0.1) is 0 Å². The van der Waals surface area contributed by atoms with Crippen molar-refractivity contribution in [1.82, 2.24) is 16.0 Å². The standard InChI is InChI=1S/C18H25F3N4O3/c19-18(20,21)17(28)25-14(8-11-4-2-1-3-5-11)16(27)24-13(10-22)9-12-6-7-23-15(12)26/h11-14H,1-9H2,(H,23,26)(H,24,27)(H,25,28)/t12-,13-,14-/m0/s1. The predicted molar refractivity (Wildman–Crippen MR) is 92.5 cm³/mol. The molecule has 0 bridgehead atoms. The first-order chi connectivity index (χ1) is 13.2. The molecule has 7 nitrogen and oxygen atoms in total. The molecule has 156 valence electrons. The summed E-state index contributed by atoms with van der Waals surface area (Å²) in [7, 11) is 0. The highest BCUT2D eigenvalue weighted by Crippen LogP contribution is 2.28. The molecular formula is C18H25F3N4O3. The van der Waals surface area contributed by atoms with Crippen molar-refractivity contribution in [2.24, 2.45) is 11.8 Å². The number of nitriles is 1. The molecule has 1 saturated carbocycles. The zero-order chi connectivity index (χ0) is 20.7. The van der Waals surface area contributed by atoms with E-state index in [-0.39, 0.29) is 24.7 Å². The van der Waals surface area contributed by atoms with Crippen molar-refractivity contribution in [2.45, 2.75) is 69.6 Å². The molecule has 2 aliphatic rings. The first-order valence-electron chi connectivity index (χ1n) is 9.56. The lowest BCUT2D eigenvalue weighted by Crippen LogP contribution is -2.53. The molecule has 10 heteroatoms. The van der Waals surface area contributed by atoms with Gasteiger partial charge in [0.05, 0.1) is 6.07 Å². The Balaban J connectivity index is 2.02. The molecule has 28 heavy (non-hydrogen) atoms. The number of halogens is 3. The van der Waals surface area contributed by atoms with Gasteiger partial charge in [0, 0.05) is 12.5 Å². The molecule has 0 spiro atoms. The van der Waals surface area contributed by atoms with Gasteiger partial charge in [-0.1, -0.05) is 32.1 Å². The quantitative estimate of drug-likeness (QED) is 0.600. The van der Waals surface area contributed by atoms with Gasteiger partial charge in [-0.2, -0.15) is 18.4 Å². The third-order valence-electron chi connectivity index (χ3n) is 5.33. The Morgan fingerprint density at radius 3 is 2.36 bits per heavy atom. The molecule has 1 aliphatic carbocycles. The monoisotopic (exact) mass is 402 g/mol. The first-order valence-corrected chi connectivity index (χ1v) is 9.56. The van der Waals surface area contributed by atoms with E-state index in [1.54, 1.807) is 5.32 Å². The number of rotatable bonds is 7. The predicted octanol–water partition coefficient (Wildman–Crippen LogP) is 1.54. The molecule has 0 aromatic heterocycles. The van der Waals surface area contributed by atoms with Crippen molar-refractivity contribution >= 4 is 17.7 Å². The third-order valence-corrected chi connectivity index (χ3v) is 5.33. The summed E-state index contributed by atoms with van der Waals surface area (Å²) in [6.07, 6.45) is 0.0963. The molecule has 2 rings (SSSR count). The van der Waals surface area contributed by atoms with Crippen molar-refractivity contribution in [3.8, 4) is 6.07 Å². The molecule has 0 aromatic rings. The van der Waals surface area contributed by atoms with Gasteiger partial charge in [0.1, 0.15) is 12.1 Å². The van der Waals surface area contributed by atoms with Crippen LogP contribution in [0, 0.1) is 23.2 Å². The van der Waals surface area contributed by atoms with Gasteiger partial charge in [0.25, 0.3) is 0 Å². The number of hydrogen-bond acceptors (Lipinski definition) is 4. The highest BCUT2D eigenvalue weighted by molar-refractivity contribution is 5.90. The van der Waals surface area contributed by atoms with Gasteiger partial charge in [0.2, 0.25) is 11.8 Å². The van der Waals surface area contributed by atoms with Crippen LogP contribution in [0.3, 0.4) is 0 Å². The Kier molecular flexibility index (Phi) is 7.66. The van der Waals surface area contributed by atoms with E-state index in [0.717, 1.165) is 32.1 Å². The SMILES string of the molecule is N#C[C@H](C[C@@H]1CCNC1=O)NC(=O)[C@H](CC1CCCCC1)NC(=O)C(F)(F)F. The molecular weight excluding hydrogens is 377 g/mol. The fourth-order valence-corrected chi connectivity index (χ4v) is 3.80. The van der Waals surface area contributed by atoms with E-state index in [9.17, 15) is 32.8 Å². The molecule has 0 radical (unpaired) electrons. The highest BCUT2D eigenvalue weighted by atomic mass is 19.4. The maximum absolute atomic E-state index is 12.7. The van der Waals surface area contributed by atoms with E-state index in [0.29, 0.717) is 13.0 Å². The summed E-state index contributed by atoms with van der Waals surface area (Å²) in [4.78, 5) is 35.6. The lowest BCUT2D eigenvalue weighted by Gasteiger charge is -2.27. The summed E-state index contributed by atoms with van der Waals surface area (Å²) in [5.41, 5.74) is 0. The summed E-state index contributed by atoms with van der Waals surface area (Å²) >= 11 is 0. The molecule has 3 amide bonds. The second-order valence-electron chi connectivity index (χ2n) is 7.47. The fourth-order valence-electron chi connectivity index (χ4n) is 3.80. The van der Waals surface area contributed by atoms with Crippen LogP contribution in [0.2, 0.25) is 0 Å². The van der Waals surface area contributed by atoms with Crippen molar-refractivity contribution in [3.63, 3.8) is 0 Å². The Morgan fingerprint density at radius 2 is 1.82 bits per heavy atom. The van der Waals surface area contributed by atoms with E-state index in [1.807, 2.05) is 6.07 Å². The van der Waals surface area contributed by atoms with Gasteiger partial charge in [-0.05, 0) is 25.2 Å². The zero-order valence-electron chi connectivity index (χ0n) is 15.5. The summed E-state index contributed by atoms with van der Waals surface area (Å²) in [6.45, 7) is 0.488. The molecule has 1 heterocycles. The third kappa shape index (κ3) is 6.39. The summed E-state index contributed by atoms with van der Waals surface area (Å²) in [5, 5.41) is 16.1. The number of nitrogens with zero attached hydrogens (tertiary/aromatic N) is 1. The van der Waals surface area contributed by atoms with Crippen molar-refractivity contribution < 1.29 is 27.6 Å². The fraction of sp³-hybridized carbons (Fsp3) is 0.778. The van der Waals surface area contributed by atoms with Crippen LogP contribution >= 0.6 is 0 Å². The second kappa shape index (κ2) is 9.75. The number of hydrogen-bond donors (Lipinski definition) is 3. The maximum atomic E-state index is 12.7. The summed E-state index contributed by atoms with van der Waals surface area (Å²) in [5.74, 6) is -3.59. The lowest BCUT2D eigenvalue weighted by atomic mass is 9.84. The van der Waals surface area contributed by atoms with Gasteiger partial charge < -0.3 is 16.0 Å². The van der Waals surface area contributed by atoms with Crippen molar-refractivity contribution in [2.75, 3.05) is 6.54 Å². The molecule has 0 aromatic carbocycles. The Bertz CT molecular complexity index is 627. The smallest absolute Gasteiger partial charge is 0.356 e. The molecule has 3 atom stereocenters. The topological polar surface area (TPSA) is 111 Å². The van der Waals surface area contributed by atoms with E-state index >= 15 is 0 Å². The molecule has 1 aliphatic heterocycles. The zero-order valence-corrected chi connectivity index (χ0v) is 15.5. The number of alkyl halides is 3. The molecule has 0 unspecified atom stereocenters. The van der Waals surface area contributed by atoms with Gasteiger partial charge in [-0.25, -0.2) is 0 Å². The summed E-state index contributed by atoms with van der Waals surface area (Å²) < 4.78 is 38.0. The minimum absolute atomic E-state index is 0.0409. The largest absolute Gasteiger partial charge is 0.471 e. The minimum atomic E-state index is -5.10. The van der Waals surface area contributed by atoms with E-state index in [1.165, 1.54) is 0 Å². The van der Waals surface area contributed by atoms with Crippen LogP contribution in [0.1, 0.15) is 51.4 Å². The van der Waals surface area contributed by atoms with Gasteiger partial charge in [0.15, 0.2) is 0 Å². The average molecular weight is 402 g/mol. The number of carbonyl (C=O) groups excluding carboxylic acids is 3.